The zero-order chi connectivity index (χ0) is 14.4. The second-order valence-electron chi connectivity index (χ2n) is 4.87. The minimum absolute atomic E-state index is 0.162. The molecule has 1 unspecified atom stereocenters. The van der Waals surface area contributed by atoms with Gasteiger partial charge >= 0.3 is 0 Å². The van der Waals surface area contributed by atoms with Crippen molar-refractivity contribution in [3.63, 3.8) is 0 Å². The second-order valence-corrected chi connectivity index (χ2v) is 4.87. The van der Waals surface area contributed by atoms with E-state index in [4.69, 9.17) is 4.74 Å². The highest BCUT2D eigenvalue weighted by Gasteiger charge is 2.06. The minimum Gasteiger partial charge on any atom is -0.382 e. The van der Waals surface area contributed by atoms with Crippen LogP contribution in [0.25, 0.3) is 11.4 Å². The summed E-state index contributed by atoms with van der Waals surface area (Å²) in [6, 6.07) is 7.95. The maximum Gasteiger partial charge on any atom is 0.159 e. The first-order valence-corrected chi connectivity index (χ1v) is 6.70. The van der Waals surface area contributed by atoms with Crippen molar-refractivity contribution in [3.05, 3.63) is 47.8 Å². The Morgan fingerprint density at radius 1 is 1.15 bits per heavy atom. The molecule has 4 heteroatoms. The Bertz CT molecular complexity index is 525. The number of ether oxygens (including phenoxy) is 1. The molecule has 1 heterocycles. The van der Waals surface area contributed by atoms with E-state index in [0.29, 0.717) is 18.7 Å². The van der Waals surface area contributed by atoms with Gasteiger partial charge in [0.25, 0.3) is 0 Å². The van der Waals surface area contributed by atoms with Crippen LogP contribution in [0.3, 0.4) is 0 Å². The number of alkyl halides is 1. The number of aryl methyl sites for hydroxylation is 2. The molecule has 0 saturated carbocycles. The highest BCUT2D eigenvalue weighted by atomic mass is 19.1. The van der Waals surface area contributed by atoms with Crippen molar-refractivity contribution in [2.45, 2.75) is 25.9 Å². The summed E-state index contributed by atoms with van der Waals surface area (Å²) in [7, 11) is 1.52. The van der Waals surface area contributed by atoms with Gasteiger partial charge in [-0.05, 0) is 30.9 Å². The minimum atomic E-state index is -0.903. The van der Waals surface area contributed by atoms with Crippen LogP contribution >= 0.6 is 0 Å². The molecule has 2 aromatic rings. The largest absolute Gasteiger partial charge is 0.382 e. The monoisotopic (exact) mass is 274 g/mol. The first-order chi connectivity index (χ1) is 9.69. The number of hydrogen-bond acceptors (Lipinski definition) is 3. The number of benzene rings is 1. The summed E-state index contributed by atoms with van der Waals surface area (Å²) < 4.78 is 18.1. The van der Waals surface area contributed by atoms with E-state index in [1.165, 1.54) is 7.11 Å². The third-order valence-corrected chi connectivity index (χ3v) is 3.09. The van der Waals surface area contributed by atoms with Crippen molar-refractivity contribution in [2.75, 3.05) is 13.7 Å². The van der Waals surface area contributed by atoms with Crippen molar-refractivity contribution >= 4 is 0 Å². The summed E-state index contributed by atoms with van der Waals surface area (Å²) in [5.41, 5.74) is 3.12. The van der Waals surface area contributed by atoms with E-state index in [-0.39, 0.29) is 6.61 Å². The van der Waals surface area contributed by atoms with Gasteiger partial charge < -0.3 is 4.74 Å². The lowest BCUT2D eigenvalue weighted by atomic mass is 10.1. The average molecular weight is 274 g/mol. The van der Waals surface area contributed by atoms with Crippen molar-refractivity contribution in [2.24, 2.45) is 0 Å². The molecule has 0 aliphatic heterocycles. The molecule has 1 aromatic carbocycles. The van der Waals surface area contributed by atoms with Gasteiger partial charge in [-0.2, -0.15) is 0 Å². The Morgan fingerprint density at radius 2 is 1.80 bits per heavy atom. The van der Waals surface area contributed by atoms with Crippen LogP contribution in [0.15, 0.2) is 36.7 Å². The molecule has 0 radical (unpaired) electrons. The lowest BCUT2D eigenvalue weighted by Crippen LogP contribution is -2.09. The number of halogens is 1. The number of hydrogen-bond donors (Lipinski definition) is 0. The molecule has 106 valence electrons. The van der Waals surface area contributed by atoms with E-state index in [1.54, 1.807) is 12.4 Å². The van der Waals surface area contributed by atoms with Gasteiger partial charge in [0.2, 0.25) is 0 Å². The molecule has 0 aliphatic rings. The van der Waals surface area contributed by atoms with E-state index in [2.05, 4.69) is 9.97 Å². The van der Waals surface area contributed by atoms with Crippen molar-refractivity contribution in [1.29, 1.82) is 0 Å². The zero-order valence-corrected chi connectivity index (χ0v) is 11.8. The van der Waals surface area contributed by atoms with Crippen LogP contribution in [0.4, 0.5) is 4.39 Å². The summed E-state index contributed by atoms with van der Waals surface area (Å²) in [5, 5.41) is 0. The molecule has 20 heavy (non-hydrogen) atoms. The van der Waals surface area contributed by atoms with Crippen molar-refractivity contribution in [3.8, 4) is 11.4 Å². The van der Waals surface area contributed by atoms with Crippen LogP contribution < -0.4 is 0 Å². The SMILES string of the molecule is COCC(F)CCc1ccc(-c2ncc(C)cn2)cc1. The molecule has 0 aliphatic carbocycles. The average Bonchev–Trinajstić information content (AvgIpc) is 2.47. The molecule has 0 amide bonds. The highest BCUT2D eigenvalue weighted by molar-refractivity contribution is 5.55. The van der Waals surface area contributed by atoms with E-state index in [0.717, 1.165) is 16.7 Å². The Morgan fingerprint density at radius 3 is 2.40 bits per heavy atom. The smallest absolute Gasteiger partial charge is 0.159 e. The Balaban J connectivity index is 1.97. The Kier molecular flexibility index (Phi) is 5.18. The number of aromatic nitrogens is 2. The van der Waals surface area contributed by atoms with E-state index >= 15 is 0 Å². The van der Waals surface area contributed by atoms with Crippen molar-refractivity contribution in [1.82, 2.24) is 9.97 Å². The fraction of sp³-hybridized carbons (Fsp3) is 0.375. The van der Waals surface area contributed by atoms with Crippen LogP contribution in [0.5, 0.6) is 0 Å². The van der Waals surface area contributed by atoms with Gasteiger partial charge in [0, 0.05) is 25.1 Å². The fourth-order valence-electron chi connectivity index (χ4n) is 1.95. The molecule has 1 atom stereocenters. The van der Waals surface area contributed by atoms with Crippen LogP contribution in [-0.2, 0) is 11.2 Å². The fourth-order valence-corrected chi connectivity index (χ4v) is 1.95. The van der Waals surface area contributed by atoms with Gasteiger partial charge in [-0.3, -0.25) is 0 Å². The predicted octanol–water partition coefficient (Wildman–Crippen LogP) is 3.37. The van der Waals surface area contributed by atoms with E-state index < -0.39 is 6.17 Å². The molecule has 0 spiro atoms. The predicted molar refractivity (Wildman–Crippen MR) is 77.3 cm³/mol. The Hall–Kier alpha value is -1.81. The van der Waals surface area contributed by atoms with Gasteiger partial charge in [0.15, 0.2) is 5.82 Å². The normalized spacial score (nSPS) is 12.3. The second kappa shape index (κ2) is 7.10. The van der Waals surface area contributed by atoms with E-state index in [1.807, 2.05) is 31.2 Å². The molecule has 0 fully saturated rings. The summed E-state index contributed by atoms with van der Waals surface area (Å²) >= 11 is 0. The summed E-state index contributed by atoms with van der Waals surface area (Å²) in [6.45, 7) is 2.12. The molecule has 2 rings (SSSR count). The maximum atomic E-state index is 13.3. The lowest BCUT2D eigenvalue weighted by Gasteiger charge is -2.07. The van der Waals surface area contributed by atoms with Crippen LogP contribution in [0, 0.1) is 6.92 Å². The first kappa shape index (κ1) is 14.6. The molecule has 1 aromatic heterocycles. The number of methoxy groups -OCH3 is 1. The van der Waals surface area contributed by atoms with Crippen LogP contribution in [0.1, 0.15) is 17.5 Å². The Labute approximate surface area is 118 Å². The first-order valence-electron chi connectivity index (χ1n) is 6.70. The van der Waals surface area contributed by atoms with Gasteiger partial charge in [-0.1, -0.05) is 24.3 Å². The highest BCUT2D eigenvalue weighted by Crippen LogP contribution is 2.16. The standard InChI is InChI=1S/C16H19FN2O/c1-12-9-18-16(19-10-12)14-6-3-13(4-7-14)5-8-15(17)11-20-2/h3-4,6-7,9-10,15H,5,8,11H2,1-2H3. The molecular weight excluding hydrogens is 255 g/mol. The quantitative estimate of drug-likeness (QED) is 0.810. The van der Waals surface area contributed by atoms with E-state index in [9.17, 15) is 4.39 Å². The lowest BCUT2D eigenvalue weighted by molar-refractivity contribution is 0.119. The molecule has 0 bridgehead atoms. The number of nitrogens with zero attached hydrogens (tertiary/aromatic N) is 2. The molecule has 3 nitrogen and oxygen atoms in total. The summed E-state index contributed by atoms with van der Waals surface area (Å²) in [4.78, 5) is 8.58. The van der Waals surface area contributed by atoms with Crippen molar-refractivity contribution < 1.29 is 9.13 Å². The third-order valence-electron chi connectivity index (χ3n) is 3.09. The maximum absolute atomic E-state index is 13.3. The van der Waals surface area contributed by atoms with Gasteiger partial charge in [-0.25, -0.2) is 14.4 Å². The summed E-state index contributed by atoms with van der Waals surface area (Å²) in [5.74, 6) is 0.713. The molecule has 0 saturated heterocycles. The number of rotatable bonds is 6. The van der Waals surface area contributed by atoms with Gasteiger partial charge in [0.1, 0.15) is 6.17 Å². The third kappa shape index (κ3) is 4.10. The van der Waals surface area contributed by atoms with Gasteiger partial charge in [-0.15, -0.1) is 0 Å². The van der Waals surface area contributed by atoms with Gasteiger partial charge in [0.05, 0.1) is 6.61 Å². The van der Waals surface area contributed by atoms with Crippen LogP contribution in [0.2, 0.25) is 0 Å². The summed E-state index contributed by atoms with van der Waals surface area (Å²) in [6.07, 6.45) is 3.89. The topological polar surface area (TPSA) is 35.0 Å². The molecular formula is C16H19FN2O. The zero-order valence-electron chi connectivity index (χ0n) is 11.8. The van der Waals surface area contributed by atoms with Crippen LogP contribution in [-0.4, -0.2) is 29.9 Å². The molecule has 0 N–H and O–H groups in total.